The Labute approximate surface area is 147 Å². The van der Waals surface area contributed by atoms with Crippen molar-refractivity contribution in [3.8, 4) is 0 Å². The Balaban J connectivity index is 1.43. The second-order valence-corrected chi connectivity index (χ2v) is 6.37. The molecule has 3 heterocycles. The number of carbonyl (C=O) groups excluding carboxylic acids is 1. The molecule has 0 atom stereocenters. The summed E-state index contributed by atoms with van der Waals surface area (Å²) in [6.45, 7) is 9.67. The molecule has 0 unspecified atom stereocenters. The van der Waals surface area contributed by atoms with Crippen molar-refractivity contribution in [1.82, 2.24) is 29.8 Å². The van der Waals surface area contributed by atoms with Gasteiger partial charge in [0.1, 0.15) is 12.4 Å². The van der Waals surface area contributed by atoms with E-state index in [0.717, 1.165) is 50.7 Å². The van der Waals surface area contributed by atoms with E-state index in [1.807, 2.05) is 24.6 Å². The van der Waals surface area contributed by atoms with Crippen LogP contribution in [0.4, 0.5) is 0 Å². The van der Waals surface area contributed by atoms with E-state index in [1.54, 1.807) is 16.9 Å². The highest BCUT2D eigenvalue weighted by Gasteiger charge is 2.12. The third kappa shape index (κ3) is 4.90. The summed E-state index contributed by atoms with van der Waals surface area (Å²) in [4.78, 5) is 14.5. The molecule has 0 bridgehead atoms. The van der Waals surface area contributed by atoms with Crippen molar-refractivity contribution in [3.05, 3.63) is 35.4 Å². The van der Waals surface area contributed by atoms with E-state index < -0.39 is 0 Å². The van der Waals surface area contributed by atoms with Gasteiger partial charge in [-0.3, -0.25) is 14.4 Å². The lowest BCUT2D eigenvalue weighted by Crippen LogP contribution is -2.38. The van der Waals surface area contributed by atoms with Crippen LogP contribution in [0.2, 0.25) is 0 Å². The summed E-state index contributed by atoms with van der Waals surface area (Å²) in [5.41, 5.74) is 2.48. The van der Waals surface area contributed by atoms with Crippen LogP contribution in [0, 0.1) is 13.8 Å². The first kappa shape index (κ1) is 17.6. The van der Waals surface area contributed by atoms with Crippen LogP contribution in [-0.2, 0) is 11.4 Å². The molecule has 3 rings (SSSR count). The summed E-state index contributed by atoms with van der Waals surface area (Å²) in [5, 5.41) is 11.7. The van der Waals surface area contributed by atoms with Crippen LogP contribution in [0.1, 0.15) is 28.3 Å². The SMILES string of the molecule is Cc1cc(C)n(Cn2ccc(C(=O)NCCCN3CCOCC3)n2)n1. The number of ether oxygens (including phenoxy) is 1. The maximum atomic E-state index is 12.2. The molecule has 0 radical (unpaired) electrons. The minimum Gasteiger partial charge on any atom is -0.379 e. The van der Waals surface area contributed by atoms with Gasteiger partial charge in [0.05, 0.1) is 18.9 Å². The number of morpholine rings is 1. The van der Waals surface area contributed by atoms with E-state index in [0.29, 0.717) is 18.9 Å². The van der Waals surface area contributed by atoms with Crippen LogP contribution >= 0.6 is 0 Å². The summed E-state index contributed by atoms with van der Waals surface area (Å²) in [6, 6.07) is 3.76. The first-order valence-corrected chi connectivity index (χ1v) is 8.74. The summed E-state index contributed by atoms with van der Waals surface area (Å²) < 4.78 is 8.92. The Bertz CT molecular complexity index is 702. The van der Waals surface area contributed by atoms with Crippen molar-refractivity contribution in [2.24, 2.45) is 0 Å². The third-order valence-electron chi connectivity index (χ3n) is 4.30. The van der Waals surface area contributed by atoms with E-state index in [-0.39, 0.29) is 5.91 Å². The van der Waals surface area contributed by atoms with Gasteiger partial charge in [0, 0.05) is 31.5 Å². The summed E-state index contributed by atoms with van der Waals surface area (Å²) in [7, 11) is 0. The second-order valence-electron chi connectivity index (χ2n) is 6.37. The molecule has 1 N–H and O–H groups in total. The molecular formula is C17H26N6O2. The smallest absolute Gasteiger partial charge is 0.271 e. The van der Waals surface area contributed by atoms with Crippen LogP contribution < -0.4 is 5.32 Å². The molecule has 0 spiro atoms. The molecule has 8 nitrogen and oxygen atoms in total. The lowest BCUT2D eigenvalue weighted by atomic mass is 10.3. The van der Waals surface area contributed by atoms with Gasteiger partial charge in [-0.15, -0.1) is 0 Å². The number of rotatable bonds is 7. The highest BCUT2D eigenvalue weighted by Crippen LogP contribution is 2.03. The molecule has 136 valence electrons. The predicted molar refractivity (Wildman–Crippen MR) is 93.5 cm³/mol. The van der Waals surface area contributed by atoms with Crippen molar-refractivity contribution in [3.63, 3.8) is 0 Å². The van der Waals surface area contributed by atoms with E-state index in [4.69, 9.17) is 4.74 Å². The standard InChI is InChI=1S/C17H26N6O2/c1-14-12-15(2)23(19-14)13-22-7-4-16(20-22)17(24)18-5-3-6-21-8-10-25-11-9-21/h4,7,12H,3,5-6,8-11,13H2,1-2H3,(H,18,24). The summed E-state index contributed by atoms with van der Waals surface area (Å²) in [6.07, 6.45) is 2.73. The first-order valence-electron chi connectivity index (χ1n) is 8.74. The lowest BCUT2D eigenvalue weighted by Gasteiger charge is -2.26. The Morgan fingerprint density at radius 3 is 2.80 bits per heavy atom. The largest absolute Gasteiger partial charge is 0.379 e. The van der Waals surface area contributed by atoms with Crippen LogP contribution in [-0.4, -0.2) is 69.8 Å². The Hall–Kier alpha value is -2.19. The van der Waals surface area contributed by atoms with Gasteiger partial charge < -0.3 is 10.1 Å². The quantitative estimate of drug-likeness (QED) is 0.745. The number of hydrogen-bond acceptors (Lipinski definition) is 5. The van der Waals surface area contributed by atoms with Gasteiger partial charge in [0.15, 0.2) is 0 Å². The molecule has 1 fully saturated rings. The number of hydrogen-bond donors (Lipinski definition) is 1. The minimum absolute atomic E-state index is 0.130. The van der Waals surface area contributed by atoms with Gasteiger partial charge in [-0.25, -0.2) is 4.68 Å². The predicted octanol–water partition coefficient (Wildman–Crippen LogP) is 0.654. The van der Waals surface area contributed by atoms with Gasteiger partial charge in [-0.1, -0.05) is 0 Å². The van der Waals surface area contributed by atoms with Crippen molar-refractivity contribution in [2.75, 3.05) is 39.4 Å². The third-order valence-corrected chi connectivity index (χ3v) is 4.30. The maximum absolute atomic E-state index is 12.2. The number of aryl methyl sites for hydroxylation is 2. The molecule has 1 aliphatic heterocycles. The zero-order valence-corrected chi connectivity index (χ0v) is 14.9. The maximum Gasteiger partial charge on any atom is 0.271 e. The fourth-order valence-electron chi connectivity index (χ4n) is 2.94. The summed E-state index contributed by atoms with van der Waals surface area (Å²) in [5.74, 6) is -0.130. The molecule has 2 aromatic heterocycles. The first-order chi connectivity index (χ1) is 12.1. The molecule has 0 saturated carbocycles. The molecule has 25 heavy (non-hydrogen) atoms. The van der Waals surface area contributed by atoms with Crippen molar-refractivity contribution in [1.29, 1.82) is 0 Å². The van der Waals surface area contributed by atoms with Gasteiger partial charge in [0.25, 0.3) is 5.91 Å². The topological polar surface area (TPSA) is 77.2 Å². The van der Waals surface area contributed by atoms with Crippen molar-refractivity contribution < 1.29 is 9.53 Å². The molecule has 2 aromatic rings. The molecule has 0 aromatic carbocycles. The number of carbonyl (C=O) groups is 1. The monoisotopic (exact) mass is 346 g/mol. The number of nitrogens with one attached hydrogen (secondary N) is 1. The highest BCUT2D eigenvalue weighted by atomic mass is 16.5. The minimum atomic E-state index is -0.130. The average molecular weight is 346 g/mol. The lowest BCUT2D eigenvalue weighted by molar-refractivity contribution is 0.0374. The van der Waals surface area contributed by atoms with Gasteiger partial charge in [-0.2, -0.15) is 10.2 Å². The normalized spacial score (nSPS) is 15.4. The fourth-order valence-corrected chi connectivity index (χ4v) is 2.94. The molecule has 8 heteroatoms. The van der Waals surface area contributed by atoms with Gasteiger partial charge in [0.2, 0.25) is 0 Å². The molecule has 1 amide bonds. The highest BCUT2D eigenvalue weighted by molar-refractivity contribution is 5.92. The van der Waals surface area contributed by atoms with Gasteiger partial charge >= 0.3 is 0 Å². The van der Waals surface area contributed by atoms with Crippen molar-refractivity contribution >= 4 is 5.91 Å². The molecule has 1 saturated heterocycles. The Kier molecular flexibility index (Phi) is 5.83. The van der Waals surface area contributed by atoms with Crippen LogP contribution in [0.5, 0.6) is 0 Å². The number of aromatic nitrogens is 4. The van der Waals surface area contributed by atoms with Crippen LogP contribution in [0.25, 0.3) is 0 Å². The number of nitrogens with zero attached hydrogens (tertiary/aromatic N) is 5. The van der Waals surface area contributed by atoms with Crippen LogP contribution in [0.15, 0.2) is 18.3 Å². The average Bonchev–Trinajstić information content (AvgIpc) is 3.19. The van der Waals surface area contributed by atoms with Crippen molar-refractivity contribution in [2.45, 2.75) is 26.9 Å². The van der Waals surface area contributed by atoms with Crippen LogP contribution in [0.3, 0.4) is 0 Å². The van der Waals surface area contributed by atoms with E-state index in [1.165, 1.54) is 0 Å². The zero-order chi connectivity index (χ0) is 17.6. The Morgan fingerprint density at radius 1 is 1.28 bits per heavy atom. The Morgan fingerprint density at radius 2 is 2.08 bits per heavy atom. The molecule has 0 aliphatic carbocycles. The second kappa shape index (κ2) is 8.26. The van der Waals surface area contributed by atoms with E-state index in [2.05, 4.69) is 20.4 Å². The van der Waals surface area contributed by atoms with E-state index in [9.17, 15) is 4.79 Å². The summed E-state index contributed by atoms with van der Waals surface area (Å²) >= 11 is 0. The fraction of sp³-hybridized carbons (Fsp3) is 0.588. The van der Waals surface area contributed by atoms with Gasteiger partial charge in [-0.05, 0) is 38.9 Å². The molecule has 1 aliphatic rings. The molecular weight excluding hydrogens is 320 g/mol. The zero-order valence-electron chi connectivity index (χ0n) is 14.9. The van der Waals surface area contributed by atoms with E-state index >= 15 is 0 Å². The number of amides is 1.